The molecule has 0 fully saturated rings. The number of carbonyl (C=O) groups excluding carboxylic acids is 1. The van der Waals surface area contributed by atoms with Gasteiger partial charge in [0.25, 0.3) is 0 Å². The van der Waals surface area contributed by atoms with Crippen molar-refractivity contribution in [1.29, 1.82) is 0 Å². The first-order valence-electron chi connectivity index (χ1n) is 9.57. The van der Waals surface area contributed by atoms with Crippen LogP contribution in [0.4, 0.5) is 5.95 Å². The Balaban J connectivity index is 1.81. The molecular formula is C21H19N7O2. The lowest BCUT2D eigenvalue weighted by Gasteiger charge is -2.31. The third-order valence-corrected chi connectivity index (χ3v) is 5.48. The standard InChI is InChI=1S/C21H19N7O2/c1-3-21(13(2)29,14-8-5-4-6-9-14)28-19-15(12-23-28)18-24-17(16-10-7-11-30-16)26-27(18)20(22)25-19/h4-12H,3H2,1-2H3,(H2,22,25). The molecule has 0 saturated carbocycles. The van der Waals surface area contributed by atoms with Gasteiger partial charge < -0.3 is 10.2 Å². The largest absolute Gasteiger partial charge is 0.461 e. The average molecular weight is 401 g/mol. The maximum atomic E-state index is 13.0. The van der Waals surface area contributed by atoms with Crippen LogP contribution in [0.3, 0.4) is 0 Å². The molecule has 1 aromatic carbocycles. The summed E-state index contributed by atoms with van der Waals surface area (Å²) in [6.45, 7) is 3.52. The summed E-state index contributed by atoms with van der Waals surface area (Å²) in [5.74, 6) is 1.02. The second kappa shape index (κ2) is 6.51. The molecule has 1 unspecified atom stereocenters. The van der Waals surface area contributed by atoms with Crippen molar-refractivity contribution >= 4 is 28.4 Å². The van der Waals surface area contributed by atoms with Crippen LogP contribution in [0.25, 0.3) is 28.3 Å². The lowest BCUT2D eigenvalue weighted by Crippen LogP contribution is -2.42. The Morgan fingerprint density at radius 3 is 2.60 bits per heavy atom. The lowest BCUT2D eigenvalue weighted by molar-refractivity contribution is -0.124. The van der Waals surface area contributed by atoms with E-state index in [1.807, 2.05) is 37.3 Å². The first-order valence-corrected chi connectivity index (χ1v) is 9.57. The summed E-state index contributed by atoms with van der Waals surface area (Å²) in [4.78, 5) is 22.1. The molecule has 1 atom stereocenters. The Morgan fingerprint density at radius 1 is 1.13 bits per heavy atom. The third kappa shape index (κ3) is 2.38. The van der Waals surface area contributed by atoms with Crippen LogP contribution in [0.15, 0.2) is 59.3 Å². The predicted molar refractivity (Wildman–Crippen MR) is 111 cm³/mol. The number of nitrogens with two attached hydrogens (primary N) is 1. The Labute approximate surface area is 171 Å². The maximum Gasteiger partial charge on any atom is 0.225 e. The quantitative estimate of drug-likeness (QED) is 0.481. The molecule has 9 nitrogen and oxygen atoms in total. The second-order valence-electron chi connectivity index (χ2n) is 7.05. The minimum atomic E-state index is -1.01. The summed E-state index contributed by atoms with van der Waals surface area (Å²) >= 11 is 0. The van der Waals surface area contributed by atoms with Gasteiger partial charge in [-0.2, -0.15) is 14.6 Å². The Hall–Kier alpha value is -4.01. The van der Waals surface area contributed by atoms with Crippen molar-refractivity contribution in [3.05, 3.63) is 60.5 Å². The van der Waals surface area contributed by atoms with E-state index in [1.54, 1.807) is 36.2 Å². The van der Waals surface area contributed by atoms with Crippen molar-refractivity contribution < 1.29 is 9.21 Å². The fraction of sp³-hybridized carbons (Fsp3) is 0.190. The average Bonchev–Trinajstić information content (AvgIpc) is 3.49. The number of fused-ring (bicyclic) bond motifs is 3. The molecule has 0 aliphatic rings. The number of ketones is 1. The van der Waals surface area contributed by atoms with E-state index in [2.05, 4.69) is 20.2 Å². The summed E-state index contributed by atoms with van der Waals surface area (Å²) < 4.78 is 8.51. The number of hydrogen-bond acceptors (Lipinski definition) is 7. The highest BCUT2D eigenvalue weighted by molar-refractivity contribution is 5.94. The zero-order valence-corrected chi connectivity index (χ0v) is 16.5. The van der Waals surface area contributed by atoms with Crippen molar-refractivity contribution in [2.75, 3.05) is 5.73 Å². The van der Waals surface area contributed by atoms with Crippen molar-refractivity contribution in [1.82, 2.24) is 29.4 Å². The molecule has 0 spiro atoms. The summed E-state index contributed by atoms with van der Waals surface area (Å²) in [6, 6.07) is 13.1. The number of nitrogens with zero attached hydrogens (tertiary/aromatic N) is 6. The zero-order chi connectivity index (χ0) is 20.9. The van der Waals surface area contributed by atoms with Crippen LogP contribution < -0.4 is 5.73 Å². The predicted octanol–water partition coefficient (Wildman–Crippen LogP) is 3.06. The second-order valence-corrected chi connectivity index (χ2v) is 7.05. The van der Waals surface area contributed by atoms with E-state index >= 15 is 0 Å². The number of anilines is 1. The molecule has 2 N–H and O–H groups in total. The van der Waals surface area contributed by atoms with E-state index in [9.17, 15) is 4.79 Å². The maximum absolute atomic E-state index is 13.0. The normalized spacial score (nSPS) is 13.7. The van der Waals surface area contributed by atoms with E-state index in [0.717, 1.165) is 5.56 Å². The van der Waals surface area contributed by atoms with E-state index in [4.69, 9.17) is 10.2 Å². The molecule has 5 aromatic rings. The van der Waals surface area contributed by atoms with Crippen LogP contribution in [0, 0.1) is 0 Å². The van der Waals surface area contributed by atoms with Crippen molar-refractivity contribution in [2.24, 2.45) is 0 Å². The molecule has 5 rings (SSSR count). The first kappa shape index (κ1) is 18.0. The van der Waals surface area contributed by atoms with Gasteiger partial charge >= 0.3 is 0 Å². The Bertz CT molecular complexity index is 1370. The fourth-order valence-electron chi connectivity index (χ4n) is 3.99. The van der Waals surface area contributed by atoms with Gasteiger partial charge in [-0.15, -0.1) is 5.10 Å². The number of furan rings is 1. The Morgan fingerprint density at radius 2 is 1.93 bits per heavy atom. The van der Waals surface area contributed by atoms with Gasteiger partial charge in [-0.05, 0) is 31.0 Å². The summed E-state index contributed by atoms with van der Waals surface area (Å²) in [5.41, 5.74) is 7.00. The molecule has 0 aliphatic heterocycles. The van der Waals surface area contributed by atoms with Crippen LogP contribution in [0.1, 0.15) is 25.8 Å². The fourth-order valence-corrected chi connectivity index (χ4v) is 3.99. The van der Waals surface area contributed by atoms with Gasteiger partial charge in [-0.1, -0.05) is 37.3 Å². The molecule has 150 valence electrons. The minimum Gasteiger partial charge on any atom is -0.461 e. The molecule has 30 heavy (non-hydrogen) atoms. The van der Waals surface area contributed by atoms with E-state index in [1.165, 1.54) is 4.52 Å². The molecule has 0 amide bonds. The Kier molecular flexibility index (Phi) is 3.92. The van der Waals surface area contributed by atoms with Crippen LogP contribution in [0.2, 0.25) is 0 Å². The lowest BCUT2D eigenvalue weighted by atomic mass is 9.84. The van der Waals surface area contributed by atoms with Crippen molar-refractivity contribution in [3.8, 4) is 11.6 Å². The molecule has 4 aromatic heterocycles. The highest BCUT2D eigenvalue weighted by Crippen LogP contribution is 2.34. The van der Waals surface area contributed by atoms with Crippen LogP contribution in [0.5, 0.6) is 0 Å². The minimum absolute atomic E-state index is 0.0424. The molecule has 0 saturated heterocycles. The van der Waals surface area contributed by atoms with E-state index in [0.29, 0.717) is 34.7 Å². The number of hydrogen-bond donors (Lipinski definition) is 1. The number of rotatable bonds is 5. The van der Waals surface area contributed by atoms with Gasteiger partial charge in [0.2, 0.25) is 11.8 Å². The summed E-state index contributed by atoms with van der Waals surface area (Å²) in [5, 5.41) is 9.63. The van der Waals surface area contributed by atoms with Crippen molar-refractivity contribution in [3.63, 3.8) is 0 Å². The number of nitrogen functional groups attached to an aromatic ring is 1. The van der Waals surface area contributed by atoms with E-state index in [-0.39, 0.29) is 11.7 Å². The molecular weight excluding hydrogens is 382 g/mol. The van der Waals surface area contributed by atoms with Gasteiger partial charge in [0.05, 0.1) is 17.8 Å². The highest BCUT2D eigenvalue weighted by Gasteiger charge is 2.40. The smallest absolute Gasteiger partial charge is 0.225 e. The molecule has 0 radical (unpaired) electrons. The first-order chi connectivity index (χ1) is 14.6. The van der Waals surface area contributed by atoms with Gasteiger partial charge in [-0.25, -0.2) is 9.67 Å². The number of benzene rings is 1. The van der Waals surface area contributed by atoms with Gasteiger partial charge in [0.1, 0.15) is 5.54 Å². The van der Waals surface area contributed by atoms with Crippen molar-refractivity contribution in [2.45, 2.75) is 25.8 Å². The summed E-state index contributed by atoms with van der Waals surface area (Å²) in [7, 11) is 0. The molecule has 4 heterocycles. The van der Waals surface area contributed by atoms with Gasteiger partial charge in [0.15, 0.2) is 22.8 Å². The van der Waals surface area contributed by atoms with Crippen LogP contribution >= 0.6 is 0 Å². The van der Waals surface area contributed by atoms with Crippen LogP contribution in [-0.2, 0) is 10.3 Å². The van der Waals surface area contributed by atoms with Gasteiger partial charge in [0, 0.05) is 0 Å². The molecule has 0 bridgehead atoms. The number of Topliss-reactive ketones (excluding diaryl/α,β-unsaturated/α-hetero) is 1. The zero-order valence-electron chi connectivity index (χ0n) is 16.5. The topological polar surface area (TPSA) is 117 Å². The molecule has 0 aliphatic carbocycles. The highest BCUT2D eigenvalue weighted by atomic mass is 16.3. The van der Waals surface area contributed by atoms with Gasteiger partial charge in [-0.3, -0.25) is 4.79 Å². The monoisotopic (exact) mass is 401 g/mol. The van der Waals surface area contributed by atoms with E-state index < -0.39 is 5.54 Å². The summed E-state index contributed by atoms with van der Waals surface area (Å²) in [6.07, 6.45) is 3.70. The SMILES string of the molecule is CCC(C(C)=O)(c1ccccc1)n1ncc2c1nc(N)n1nc(-c3ccco3)nc21. The number of carbonyl (C=O) groups is 1. The third-order valence-electron chi connectivity index (χ3n) is 5.48. The van der Waals surface area contributed by atoms with Crippen LogP contribution in [-0.4, -0.2) is 35.1 Å². The number of aromatic nitrogens is 6. The molecule has 9 heteroatoms.